The van der Waals surface area contributed by atoms with Crippen molar-refractivity contribution >= 4 is 38.2 Å². The average Bonchev–Trinajstić information content (AvgIpc) is 3.19. The fourth-order valence-corrected chi connectivity index (χ4v) is 5.45. The second-order valence-electron chi connectivity index (χ2n) is 8.55. The maximum absolute atomic E-state index is 14.6. The summed E-state index contributed by atoms with van der Waals surface area (Å²) in [7, 11) is -0.823. The molecule has 2 aromatic rings. The van der Waals surface area contributed by atoms with Crippen molar-refractivity contribution in [3.63, 3.8) is 0 Å². The lowest BCUT2D eigenvalue weighted by Crippen LogP contribution is -2.40. The maximum Gasteiger partial charge on any atom is 0.250 e. The van der Waals surface area contributed by atoms with E-state index in [1.807, 2.05) is 25.2 Å². The molecule has 0 spiro atoms. The number of nitrogens with zero attached hydrogens (tertiary/aromatic N) is 2. The standard InChI is InChI=1S/C23H26FN3O4S2/c1-22(16-33(30)31,21(28)26-29)10-8-20-25-18-7-6-17(15-19(18)32-20)5-3-4-9-23(24)11-13-27(2)14-12-23/h6-7,15,29,33H,8,10-14,16H2,1-2H3,(H,26,28)/t22-/m0/s1. The van der Waals surface area contributed by atoms with Gasteiger partial charge in [0.25, 0.3) is 0 Å². The second-order valence-corrected chi connectivity index (χ2v) is 10.6. The van der Waals surface area contributed by atoms with Crippen LogP contribution in [0, 0.1) is 29.1 Å². The minimum Gasteiger partial charge on any atom is -0.306 e. The first-order chi connectivity index (χ1) is 15.6. The number of carbonyl (C=O) groups is 1. The zero-order chi connectivity index (χ0) is 24.1. The Balaban J connectivity index is 1.69. The number of alkyl halides is 1. The molecule has 0 unspecified atom stereocenters. The summed E-state index contributed by atoms with van der Waals surface area (Å²) in [5, 5.41) is 9.70. The predicted octanol–water partition coefficient (Wildman–Crippen LogP) is 2.14. The van der Waals surface area contributed by atoms with Gasteiger partial charge in [-0.2, -0.15) is 0 Å². The summed E-state index contributed by atoms with van der Waals surface area (Å²) in [5.74, 6) is 9.90. The number of thiazole rings is 1. The number of benzene rings is 1. The Morgan fingerprint density at radius 2 is 2.09 bits per heavy atom. The van der Waals surface area contributed by atoms with E-state index in [0.29, 0.717) is 32.4 Å². The summed E-state index contributed by atoms with van der Waals surface area (Å²) in [4.78, 5) is 18.6. The van der Waals surface area contributed by atoms with Crippen molar-refractivity contribution in [2.75, 3.05) is 25.9 Å². The van der Waals surface area contributed by atoms with E-state index in [1.165, 1.54) is 18.3 Å². The molecule has 176 valence electrons. The van der Waals surface area contributed by atoms with Crippen molar-refractivity contribution in [3.05, 3.63) is 28.8 Å². The highest BCUT2D eigenvalue weighted by atomic mass is 32.2. The third kappa shape index (κ3) is 6.75. The largest absolute Gasteiger partial charge is 0.306 e. The number of nitrogens with one attached hydrogen (secondary N) is 1. The lowest BCUT2D eigenvalue weighted by atomic mass is 9.87. The molecule has 7 nitrogen and oxygen atoms in total. The highest BCUT2D eigenvalue weighted by molar-refractivity contribution is 7.72. The molecular formula is C23H26FN3O4S2. The van der Waals surface area contributed by atoms with Crippen LogP contribution in [0.1, 0.15) is 36.8 Å². The van der Waals surface area contributed by atoms with Crippen molar-refractivity contribution in [2.24, 2.45) is 5.41 Å². The number of halogens is 1. The van der Waals surface area contributed by atoms with E-state index in [2.05, 4.69) is 33.6 Å². The number of hydrogen-bond acceptors (Lipinski definition) is 7. The van der Waals surface area contributed by atoms with Gasteiger partial charge in [0, 0.05) is 37.9 Å². The molecule has 33 heavy (non-hydrogen) atoms. The summed E-state index contributed by atoms with van der Waals surface area (Å²) < 4.78 is 37.9. The number of amides is 1. The van der Waals surface area contributed by atoms with Gasteiger partial charge < -0.3 is 4.90 Å². The van der Waals surface area contributed by atoms with Crippen LogP contribution in [0.4, 0.5) is 4.39 Å². The van der Waals surface area contributed by atoms with Gasteiger partial charge in [0.2, 0.25) is 5.91 Å². The number of thiol groups is 1. The molecule has 0 radical (unpaired) electrons. The normalized spacial score (nSPS) is 17.5. The van der Waals surface area contributed by atoms with Crippen LogP contribution in [-0.4, -0.2) is 61.0 Å². The zero-order valence-corrected chi connectivity index (χ0v) is 20.2. The minimum atomic E-state index is -2.79. The number of hydroxylamine groups is 1. The second kappa shape index (κ2) is 10.6. The number of aryl methyl sites for hydroxylation is 1. The molecule has 0 saturated carbocycles. The molecule has 0 bridgehead atoms. The Morgan fingerprint density at radius 1 is 1.36 bits per heavy atom. The van der Waals surface area contributed by atoms with Gasteiger partial charge in [-0.05, 0) is 56.4 Å². The highest BCUT2D eigenvalue weighted by Gasteiger charge is 2.34. The maximum atomic E-state index is 14.6. The first-order valence-electron chi connectivity index (χ1n) is 10.5. The van der Waals surface area contributed by atoms with E-state index in [0.717, 1.165) is 20.8 Å². The van der Waals surface area contributed by atoms with Crippen LogP contribution >= 0.6 is 11.3 Å². The van der Waals surface area contributed by atoms with Gasteiger partial charge in [0.05, 0.1) is 26.4 Å². The summed E-state index contributed by atoms with van der Waals surface area (Å²) >= 11 is 1.43. The molecule has 0 aliphatic carbocycles. The Kier molecular flexibility index (Phi) is 8.09. The molecule has 1 saturated heterocycles. The number of piperidine rings is 1. The van der Waals surface area contributed by atoms with Gasteiger partial charge in [-0.15, -0.1) is 11.3 Å². The van der Waals surface area contributed by atoms with E-state index in [-0.39, 0.29) is 12.2 Å². The topological polar surface area (TPSA) is 99.6 Å². The smallest absolute Gasteiger partial charge is 0.250 e. The van der Waals surface area contributed by atoms with Gasteiger partial charge >= 0.3 is 0 Å². The quantitative estimate of drug-likeness (QED) is 0.248. The van der Waals surface area contributed by atoms with Crippen molar-refractivity contribution < 1.29 is 22.8 Å². The molecule has 1 aromatic carbocycles. The number of rotatable bonds is 6. The lowest BCUT2D eigenvalue weighted by molar-refractivity contribution is -0.138. The minimum absolute atomic E-state index is 0.214. The summed E-state index contributed by atoms with van der Waals surface area (Å²) in [6.07, 6.45) is 1.37. The molecule has 1 fully saturated rings. The average molecular weight is 492 g/mol. The van der Waals surface area contributed by atoms with Gasteiger partial charge in [0.1, 0.15) is 10.7 Å². The van der Waals surface area contributed by atoms with Crippen LogP contribution < -0.4 is 5.48 Å². The number of hydrogen-bond donors (Lipinski definition) is 3. The number of aromatic nitrogens is 1. The molecule has 10 heteroatoms. The lowest BCUT2D eigenvalue weighted by Gasteiger charge is -2.30. The van der Waals surface area contributed by atoms with Crippen molar-refractivity contribution in [2.45, 2.75) is 38.3 Å². The van der Waals surface area contributed by atoms with E-state index in [4.69, 9.17) is 5.21 Å². The molecule has 1 aliphatic heterocycles. The van der Waals surface area contributed by atoms with Gasteiger partial charge in [-0.3, -0.25) is 10.0 Å². The summed E-state index contributed by atoms with van der Waals surface area (Å²) in [6, 6.07) is 5.52. The Hall–Kier alpha value is -2.50. The zero-order valence-electron chi connectivity index (χ0n) is 18.5. The van der Waals surface area contributed by atoms with Crippen LogP contribution in [-0.2, 0) is 21.9 Å². The molecule has 2 heterocycles. The Morgan fingerprint density at radius 3 is 2.76 bits per heavy atom. The van der Waals surface area contributed by atoms with Gasteiger partial charge in [0.15, 0.2) is 5.67 Å². The fourth-order valence-electron chi connectivity index (χ4n) is 3.57. The number of likely N-dealkylation sites (tertiary alicyclic amines) is 1. The first kappa shape index (κ1) is 25.1. The predicted molar refractivity (Wildman–Crippen MR) is 126 cm³/mol. The third-order valence-electron chi connectivity index (χ3n) is 5.79. The Labute approximate surface area is 198 Å². The van der Waals surface area contributed by atoms with E-state index in [9.17, 15) is 17.6 Å². The number of fused-ring (bicyclic) bond motifs is 1. The molecule has 1 aromatic heterocycles. The summed E-state index contributed by atoms with van der Waals surface area (Å²) in [5.41, 5.74) is 0.330. The molecule has 2 N–H and O–H groups in total. The SMILES string of the molecule is CN1CCC(F)(C#CC#Cc2ccc3nc(CC[C@@](C)(C[SH](=O)=O)C(=O)NO)sc3c2)CC1. The van der Waals surface area contributed by atoms with Crippen LogP contribution in [0.25, 0.3) is 10.2 Å². The van der Waals surface area contributed by atoms with Crippen LogP contribution in [0.15, 0.2) is 18.2 Å². The van der Waals surface area contributed by atoms with Crippen molar-refractivity contribution in [1.29, 1.82) is 0 Å². The first-order valence-corrected chi connectivity index (χ1v) is 12.7. The summed E-state index contributed by atoms with van der Waals surface area (Å²) in [6.45, 7) is 2.86. The molecular weight excluding hydrogens is 465 g/mol. The molecule has 1 aliphatic rings. The van der Waals surface area contributed by atoms with E-state index < -0.39 is 27.7 Å². The van der Waals surface area contributed by atoms with Gasteiger partial charge in [-0.1, -0.05) is 5.92 Å². The van der Waals surface area contributed by atoms with Crippen LogP contribution in [0.5, 0.6) is 0 Å². The van der Waals surface area contributed by atoms with Crippen molar-refractivity contribution in [3.8, 4) is 23.7 Å². The fraction of sp³-hybridized carbons (Fsp3) is 0.478. The highest BCUT2D eigenvalue weighted by Crippen LogP contribution is 2.29. The Bertz CT molecular complexity index is 1220. The number of carbonyl (C=O) groups excluding carboxylic acids is 1. The third-order valence-corrected chi connectivity index (χ3v) is 7.82. The monoisotopic (exact) mass is 491 g/mol. The van der Waals surface area contributed by atoms with Crippen molar-refractivity contribution in [1.82, 2.24) is 15.4 Å². The molecule has 1 atom stereocenters. The van der Waals surface area contributed by atoms with E-state index in [1.54, 1.807) is 5.48 Å². The van der Waals surface area contributed by atoms with Crippen LogP contribution in [0.2, 0.25) is 0 Å². The van der Waals surface area contributed by atoms with E-state index >= 15 is 0 Å². The molecule has 3 rings (SSSR count). The van der Waals surface area contributed by atoms with Gasteiger partial charge in [-0.25, -0.2) is 23.3 Å². The molecule has 1 amide bonds. The van der Waals surface area contributed by atoms with Crippen LogP contribution in [0.3, 0.4) is 0 Å².